The Labute approximate surface area is 524 Å². The van der Waals surface area contributed by atoms with Crippen molar-refractivity contribution in [3.8, 4) is 0 Å². The van der Waals surface area contributed by atoms with Crippen molar-refractivity contribution in [3.05, 3.63) is 0 Å². The summed E-state index contributed by atoms with van der Waals surface area (Å²) in [6.45, 7) is 9.50. The summed E-state index contributed by atoms with van der Waals surface area (Å²) in [6.07, 6.45) is 43.1. The van der Waals surface area contributed by atoms with Crippen LogP contribution in [0.15, 0.2) is 0 Å². The normalized spacial score (nSPS) is 14.5. The molecule has 0 heterocycles. The number of hydrogen-bond donors (Lipinski definition) is 3. The molecule has 0 aliphatic heterocycles. The highest BCUT2D eigenvalue weighted by Gasteiger charge is 2.30. The zero-order chi connectivity index (χ0) is 63.6. The summed E-state index contributed by atoms with van der Waals surface area (Å²) in [4.78, 5) is 72.2. The molecule has 19 heteroatoms. The Balaban J connectivity index is 5.20. The van der Waals surface area contributed by atoms with Gasteiger partial charge in [-0.05, 0) is 37.5 Å². The largest absolute Gasteiger partial charge is 0.472 e. The van der Waals surface area contributed by atoms with E-state index in [1.54, 1.807) is 0 Å². The number of rotatable bonds is 66. The lowest BCUT2D eigenvalue weighted by Crippen LogP contribution is -2.30. The van der Waals surface area contributed by atoms with Gasteiger partial charge in [0.25, 0.3) is 0 Å². The lowest BCUT2D eigenvalue weighted by Gasteiger charge is -2.21. The fourth-order valence-electron chi connectivity index (χ4n) is 10.0. The zero-order valence-electron chi connectivity index (χ0n) is 55.6. The van der Waals surface area contributed by atoms with E-state index >= 15 is 0 Å². The van der Waals surface area contributed by atoms with Crippen molar-refractivity contribution in [1.82, 2.24) is 0 Å². The Morgan fingerprint density at radius 2 is 0.593 bits per heavy atom. The topological polar surface area (TPSA) is 237 Å². The van der Waals surface area contributed by atoms with Crippen LogP contribution in [0.5, 0.6) is 0 Å². The molecule has 0 fully saturated rings. The molecule has 0 amide bonds. The minimum atomic E-state index is -4.95. The van der Waals surface area contributed by atoms with E-state index in [9.17, 15) is 43.2 Å². The maximum absolute atomic E-state index is 13.0. The number of carbonyl (C=O) groups is 4. The van der Waals surface area contributed by atoms with Gasteiger partial charge in [-0.2, -0.15) is 0 Å². The molecular formula is C67H130O17P2. The second-order valence-corrected chi connectivity index (χ2v) is 27.8. The SMILES string of the molecule is CCCCCCCCCCCCC(=O)O[C@H](COC(=O)CCCCCCCCC)COP(=O)(O)OC[C@H](O)COP(=O)(O)OC[C@@H](COC(=O)CCCCCCCCCCC(C)CC)OC(=O)CCCCCCCCCCCCCCCCC(C)C. The Kier molecular flexibility index (Phi) is 58.0. The maximum atomic E-state index is 13.0. The molecule has 0 radical (unpaired) electrons. The third-order valence-electron chi connectivity index (χ3n) is 15.8. The summed E-state index contributed by atoms with van der Waals surface area (Å²) in [5, 5.41) is 10.5. The van der Waals surface area contributed by atoms with Gasteiger partial charge in [0.15, 0.2) is 12.2 Å². The monoisotopic (exact) mass is 1270 g/mol. The van der Waals surface area contributed by atoms with Crippen LogP contribution in [0, 0.1) is 11.8 Å². The third-order valence-corrected chi connectivity index (χ3v) is 17.7. The van der Waals surface area contributed by atoms with Crippen molar-refractivity contribution in [1.29, 1.82) is 0 Å². The van der Waals surface area contributed by atoms with Gasteiger partial charge in [0.1, 0.15) is 19.3 Å². The van der Waals surface area contributed by atoms with Gasteiger partial charge in [-0.15, -0.1) is 0 Å². The highest BCUT2D eigenvalue weighted by atomic mass is 31.2. The van der Waals surface area contributed by atoms with Gasteiger partial charge in [0.05, 0.1) is 26.4 Å². The van der Waals surface area contributed by atoms with Crippen LogP contribution in [0.3, 0.4) is 0 Å². The van der Waals surface area contributed by atoms with E-state index in [0.717, 1.165) is 115 Å². The number of aliphatic hydroxyl groups is 1. The predicted octanol–water partition coefficient (Wildman–Crippen LogP) is 18.8. The number of phosphoric acid groups is 2. The van der Waals surface area contributed by atoms with E-state index in [4.69, 9.17) is 37.0 Å². The van der Waals surface area contributed by atoms with Crippen LogP contribution in [-0.2, 0) is 65.4 Å². The van der Waals surface area contributed by atoms with Crippen LogP contribution < -0.4 is 0 Å². The zero-order valence-corrected chi connectivity index (χ0v) is 57.4. The first-order valence-corrected chi connectivity index (χ1v) is 38.0. The first-order valence-electron chi connectivity index (χ1n) is 35.0. The molecule has 0 aliphatic carbocycles. The second kappa shape index (κ2) is 59.4. The van der Waals surface area contributed by atoms with Crippen LogP contribution in [0.25, 0.3) is 0 Å². The summed E-state index contributed by atoms with van der Waals surface area (Å²) >= 11 is 0. The molecule has 0 saturated heterocycles. The average molecular weight is 1270 g/mol. The molecule has 510 valence electrons. The molecule has 6 atom stereocenters. The molecule has 0 saturated carbocycles. The molecule has 0 rings (SSSR count). The summed E-state index contributed by atoms with van der Waals surface area (Å²) in [5.41, 5.74) is 0. The minimum absolute atomic E-state index is 0.106. The number of aliphatic hydroxyl groups excluding tert-OH is 1. The third kappa shape index (κ3) is 59.7. The van der Waals surface area contributed by atoms with E-state index < -0.39 is 97.5 Å². The smallest absolute Gasteiger partial charge is 0.462 e. The van der Waals surface area contributed by atoms with E-state index in [1.165, 1.54) is 141 Å². The van der Waals surface area contributed by atoms with Crippen LogP contribution in [0.2, 0.25) is 0 Å². The van der Waals surface area contributed by atoms with E-state index in [0.29, 0.717) is 25.7 Å². The highest BCUT2D eigenvalue weighted by Crippen LogP contribution is 2.45. The molecule has 0 spiro atoms. The van der Waals surface area contributed by atoms with Gasteiger partial charge >= 0.3 is 39.5 Å². The predicted molar refractivity (Wildman–Crippen MR) is 345 cm³/mol. The summed E-state index contributed by atoms with van der Waals surface area (Å²) in [7, 11) is -9.89. The van der Waals surface area contributed by atoms with Crippen molar-refractivity contribution in [2.45, 2.75) is 355 Å². The summed E-state index contributed by atoms with van der Waals surface area (Å²) in [5.74, 6) is -0.561. The summed E-state index contributed by atoms with van der Waals surface area (Å²) < 4.78 is 68.0. The lowest BCUT2D eigenvalue weighted by atomic mass is 9.99. The molecular weight excluding hydrogens is 1140 g/mol. The van der Waals surface area contributed by atoms with Crippen molar-refractivity contribution < 1.29 is 80.2 Å². The molecule has 0 aliphatic rings. The molecule has 3 unspecified atom stereocenters. The Bertz CT molecular complexity index is 1690. The van der Waals surface area contributed by atoms with E-state index in [1.807, 2.05) is 0 Å². The number of hydrogen-bond acceptors (Lipinski definition) is 15. The minimum Gasteiger partial charge on any atom is -0.462 e. The van der Waals surface area contributed by atoms with Crippen LogP contribution >= 0.6 is 15.6 Å². The van der Waals surface area contributed by atoms with Crippen LogP contribution in [0.1, 0.15) is 337 Å². The number of carbonyl (C=O) groups excluding carboxylic acids is 4. The fraction of sp³-hybridized carbons (Fsp3) is 0.940. The molecule has 0 aromatic rings. The molecule has 86 heavy (non-hydrogen) atoms. The molecule has 0 bridgehead atoms. The standard InChI is InChI=1S/C67H130O17P2/c1-7-10-12-14-16-17-25-33-39-45-51-66(71)83-62(55-77-64(69)49-43-37-29-15-13-11-8-2)57-81-85(73,74)79-53-61(68)54-80-86(75,76)82-58-63(56-78-65(70)50-44-38-32-28-27-31-36-42-48-60(6)9-3)84-67(72)52-46-40-34-26-23-21-19-18-20-22-24-30-35-41-47-59(4)5/h59-63,68H,7-58H2,1-6H3,(H,73,74)(H,75,76)/t60?,61-,62+,63+/m0/s1. The Morgan fingerprint density at radius 3 is 0.884 bits per heavy atom. The number of ether oxygens (including phenoxy) is 4. The average Bonchev–Trinajstić information content (AvgIpc) is 3.51. The van der Waals surface area contributed by atoms with Crippen molar-refractivity contribution in [2.75, 3.05) is 39.6 Å². The maximum Gasteiger partial charge on any atom is 0.472 e. The molecule has 0 aromatic carbocycles. The van der Waals surface area contributed by atoms with Gasteiger partial charge in [-0.3, -0.25) is 37.3 Å². The van der Waals surface area contributed by atoms with Crippen LogP contribution in [-0.4, -0.2) is 96.7 Å². The van der Waals surface area contributed by atoms with Gasteiger partial charge in [-0.25, -0.2) is 9.13 Å². The van der Waals surface area contributed by atoms with Crippen molar-refractivity contribution >= 4 is 39.5 Å². The number of unbranched alkanes of at least 4 members (excludes halogenated alkanes) is 35. The lowest BCUT2D eigenvalue weighted by molar-refractivity contribution is -0.161. The van der Waals surface area contributed by atoms with Gasteiger partial charge in [0, 0.05) is 25.7 Å². The van der Waals surface area contributed by atoms with Gasteiger partial charge in [-0.1, -0.05) is 286 Å². The van der Waals surface area contributed by atoms with E-state index in [-0.39, 0.29) is 25.7 Å². The van der Waals surface area contributed by atoms with Crippen molar-refractivity contribution in [2.24, 2.45) is 11.8 Å². The molecule has 17 nitrogen and oxygen atoms in total. The van der Waals surface area contributed by atoms with Crippen molar-refractivity contribution in [3.63, 3.8) is 0 Å². The second-order valence-electron chi connectivity index (χ2n) is 24.9. The van der Waals surface area contributed by atoms with E-state index in [2.05, 4.69) is 41.5 Å². The number of esters is 4. The highest BCUT2D eigenvalue weighted by molar-refractivity contribution is 7.47. The number of phosphoric ester groups is 2. The molecule has 0 aromatic heterocycles. The first kappa shape index (κ1) is 84.1. The van der Waals surface area contributed by atoms with Gasteiger partial charge < -0.3 is 33.8 Å². The Hall–Kier alpha value is -1.94. The van der Waals surface area contributed by atoms with Crippen LogP contribution in [0.4, 0.5) is 0 Å². The molecule has 3 N–H and O–H groups in total. The summed E-state index contributed by atoms with van der Waals surface area (Å²) in [6, 6.07) is 0. The quantitative estimate of drug-likeness (QED) is 0.0222. The first-order chi connectivity index (χ1) is 41.4. The van der Waals surface area contributed by atoms with Gasteiger partial charge in [0.2, 0.25) is 0 Å². The Morgan fingerprint density at radius 1 is 0.337 bits per heavy atom. The fourth-order valence-corrected chi connectivity index (χ4v) is 11.6.